The van der Waals surface area contributed by atoms with Gasteiger partial charge in [0.25, 0.3) is 0 Å². The zero-order chi connectivity index (χ0) is 15.7. The van der Waals surface area contributed by atoms with E-state index in [4.69, 9.17) is 25.8 Å². The fraction of sp³-hybridized carbons (Fsp3) is 0.647. The van der Waals surface area contributed by atoms with Gasteiger partial charge in [-0.1, -0.05) is 13.8 Å². The molecule has 1 aliphatic rings. The van der Waals surface area contributed by atoms with Crippen LogP contribution >= 0.6 is 11.6 Å². The molecule has 0 amide bonds. The summed E-state index contributed by atoms with van der Waals surface area (Å²) in [4.78, 5) is 0. The predicted molar refractivity (Wildman–Crippen MR) is 85.8 cm³/mol. The van der Waals surface area contributed by atoms with Crippen LogP contribution in [0, 0.1) is 0 Å². The molecule has 0 saturated heterocycles. The monoisotopic (exact) mass is 312 g/mol. The maximum Gasteiger partial charge on any atom is 0.161 e. The number of hydrogen-bond acceptors (Lipinski definition) is 3. The van der Waals surface area contributed by atoms with Crippen molar-refractivity contribution < 1.29 is 14.2 Å². The molecule has 0 saturated carbocycles. The van der Waals surface area contributed by atoms with E-state index < -0.39 is 0 Å². The van der Waals surface area contributed by atoms with Crippen LogP contribution in [-0.4, -0.2) is 26.7 Å². The van der Waals surface area contributed by atoms with Crippen LogP contribution in [0.1, 0.15) is 44.7 Å². The molecule has 21 heavy (non-hydrogen) atoms. The van der Waals surface area contributed by atoms with Crippen LogP contribution in [0.3, 0.4) is 0 Å². The Morgan fingerprint density at radius 1 is 1.10 bits per heavy atom. The van der Waals surface area contributed by atoms with Gasteiger partial charge in [0.05, 0.1) is 26.4 Å². The smallest absolute Gasteiger partial charge is 0.161 e. The average molecular weight is 313 g/mol. The molecule has 1 aromatic rings. The highest BCUT2D eigenvalue weighted by Gasteiger charge is 2.41. The molecule has 0 aliphatic carbocycles. The molecule has 0 radical (unpaired) electrons. The summed E-state index contributed by atoms with van der Waals surface area (Å²) in [5.74, 6) is 2.16. The molecule has 1 aliphatic heterocycles. The van der Waals surface area contributed by atoms with Gasteiger partial charge < -0.3 is 14.2 Å². The van der Waals surface area contributed by atoms with Crippen molar-refractivity contribution in [1.29, 1.82) is 0 Å². The number of methoxy groups -OCH3 is 2. The summed E-state index contributed by atoms with van der Waals surface area (Å²) < 4.78 is 17.1. The minimum Gasteiger partial charge on any atom is -0.493 e. The van der Waals surface area contributed by atoms with E-state index in [1.165, 1.54) is 11.1 Å². The minimum absolute atomic E-state index is 0.0463. The van der Waals surface area contributed by atoms with E-state index in [0.29, 0.717) is 12.5 Å². The summed E-state index contributed by atoms with van der Waals surface area (Å²) in [7, 11) is 3.33. The fourth-order valence-corrected chi connectivity index (χ4v) is 3.12. The zero-order valence-electron chi connectivity index (χ0n) is 13.6. The molecule has 0 bridgehead atoms. The van der Waals surface area contributed by atoms with Crippen molar-refractivity contribution in [2.75, 3.05) is 26.7 Å². The SMILES string of the molecule is COc1cc2c(cc1OC)C(C)(CCCCl)OCC2(C)C. The Bertz CT molecular complexity index is 513. The maximum absolute atomic E-state index is 6.23. The first kappa shape index (κ1) is 16.4. The van der Waals surface area contributed by atoms with Crippen molar-refractivity contribution in [3.05, 3.63) is 23.3 Å². The van der Waals surface area contributed by atoms with Crippen molar-refractivity contribution >= 4 is 11.6 Å². The van der Waals surface area contributed by atoms with Gasteiger partial charge in [-0.25, -0.2) is 0 Å². The first-order chi connectivity index (χ1) is 9.88. The van der Waals surface area contributed by atoms with Gasteiger partial charge >= 0.3 is 0 Å². The molecule has 4 heteroatoms. The highest BCUT2D eigenvalue weighted by molar-refractivity contribution is 6.17. The summed E-state index contributed by atoms with van der Waals surface area (Å²) in [6.07, 6.45) is 1.82. The number of halogens is 1. The van der Waals surface area contributed by atoms with E-state index >= 15 is 0 Å². The first-order valence-corrected chi connectivity index (χ1v) is 7.88. The molecule has 2 rings (SSSR count). The quantitative estimate of drug-likeness (QED) is 0.761. The third-order valence-corrected chi connectivity index (χ3v) is 4.63. The summed E-state index contributed by atoms with van der Waals surface area (Å²) in [5, 5.41) is 0. The molecule has 1 heterocycles. The first-order valence-electron chi connectivity index (χ1n) is 7.35. The van der Waals surface area contributed by atoms with E-state index in [9.17, 15) is 0 Å². The Morgan fingerprint density at radius 2 is 1.67 bits per heavy atom. The van der Waals surface area contributed by atoms with Gasteiger partial charge in [0.2, 0.25) is 0 Å². The van der Waals surface area contributed by atoms with Gasteiger partial charge in [0, 0.05) is 11.3 Å². The highest BCUT2D eigenvalue weighted by Crippen LogP contribution is 2.47. The van der Waals surface area contributed by atoms with Gasteiger partial charge in [-0.3, -0.25) is 0 Å². The van der Waals surface area contributed by atoms with Crippen molar-refractivity contribution in [2.45, 2.75) is 44.6 Å². The van der Waals surface area contributed by atoms with Crippen molar-refractivity contribution in [3.8, 4) is 11.5 Å². The van der Waals surface area contributed by atoms with E-state index in [1.54, 1.807) is 14.2 Å². The third kappa shape index (κ3) is 3.00. The Balaban J connectivity index is 2.57. The van der Waals surface area contributed by atoms with E-state index in [2.05, 4.69) is 32.9 Å². The van der Waals surface area contributed by atoms with Gasteiger partial charge in [-0.2, -0.15) is 0 Å². The lowest BCUT2D eigenvalue weighted by atomic mass is 9.73. The number of ether oxygens (including phenoxy) is 3. The second-order valence-corrected chi connectivity index (χ2v) is 6.83. The molecule has 1 atom stereocenters. The van der Waals surface area contributed by atoms with Crippen LogP contribution in [-0.2, 0) is 15.8 Å². The lowest BCUT2D eigenvalue weighted by Crippen LogP contribution is -2.41. The van der Waals surface area contributed by atoms with Crippen LogP contribution in [0.5, 0.6) is 11.5 Å². The molecule has 0 N–H and O–H groups in total. The van der Waals surface area contributed by atoms with Crippen LogP contribution in [0.2, 0.25) is 0 Å². The number of hydrogen-bond donors (Lipinski definition) is 0. The third-order valence-electron chi connectivity index (χ3n) is 4.36. The Labute approximate surface area is 132 Å². The Morgan fingerprint density at radius 3 is 2.19 bits per heavy atom. The normalized spacial score (nSPS) is 23.5. The van der Waals surface area contributed by atoms with Gasteiger partial charge in [0.15, 0.2) is 11.5 Å². The molecule has 3 nitrogen and oxygen atoms in total. The van der Waals surface area contributed by atoms with E-state index in [0.717, 1.165) is 24.3 Å². The minimum atomic E-state index is -0.320. The summed E-state index contributed by atoms with van der Waals surface area (Å²) >= 11 is 5.87. The fourth-order valence-electron chi connectivity index (χ4n) is 2.98. The number of fused-ring (bicyclic) bond motifs is 1. The van der Waals surface area contributed by atoms with Gasteiger partial charge in [-0.15, -0.1) is 11.6 Å². The molecule has 1 aromatic carbocycles. The number of rotatable bonds is 5. The maximum atomic E-state index is 6.23. The molecule has 0 spiro atoms. The topological polar surface area (TPSA) is 27.7 Å². The van der Waals surface area contributed by atoms with E-state index in [1.807, 2.05) is 0 Å². The number of alkyl halides is 1. The largest absolute Gasteiger partial charge is 0.493 e. The molecular formula is C17H25ClO3. The van der Waals surface area contributed by atoms with Crippen LogP contribution in [0.4, 0.5) is 0 Å². The van der Waals surface area contributed by atoms with Crippen LogP contribution in [0.25, 0.3) is 0 Å². The molecule has 118 valence electrons. The summed E-state index contributed by atoms with van der Waals surface area (Å²) in [5.41, 5.74) is 2.08. The standard InChI is InChI=1S/C17H25ClO3/c1-16(2)11-21-17(3,7-6-8-18)13-10-15(20-5)14(19-4)9-12(13)16/h9-10H,6-8,11H2,1-5H3. The number of benzene rings is 1. The van der Waals surface area contributed by atoms with Crippen LogP contribution < -0.4 is 9.47 Å². The molecule has 0 aromatic heterocycles. The summed E-state index contributed by atoms with van der Waals surface area (Å²) in [6, 6.07) is 4.15. The Hall–Kier alpha value is -0.930. The van der Waals surface area contributed by atoms with E-state index in [-0.39, 0.29) is 11.0 Å². The molecule has 0 fully saturated rings. The lowest BCUT2D eigenvalue weighted by molar-refractivity contribution is -0.0773. The predicted octanol–water partition coefficient (Wildman–Crippen LogP) is 4.25. The van der Waals surface area contributed by atoms with Gasteiger partial charge in [0.1, 0.15) is 0 Å². The lowest BCUT2D eigenvalue weighted by Gasteiger charge is -2.44. The van der Waals surface area contributed by atoms with Crippen LogP contribution in [0.15, 0.2) is 12.1 Å². The zero-order valence-corrected chi connectivity index (χ0v) is 14.3. The van der Waals surface area contributed by atoms with Crippen molar-refractivity contribution in [3.63, 3.8) is 0 Å². The van der Waals surface area contributed by atoms with Crippen molar-refractivity contribution in [2.24, 2.45) is 0 Å². The highest BCUT2D eigenvalue weighted by atomic mass is 35.5. The molecule has 1 unspecified atom stereocenters. The second-order valence-electron chi connectivity index (χ2n) is 6.45. The summed E-state index contributed by atoms with van der Waals surface area (Å²) in [6.45, 7) is 7.21. The van der Waals surface area contributed by atoms with Crippen molar-refractivity contribution in [1.82, 2.24) is 0 Å². The Kier molecular flexibility index (Phi) is 4.74. The molecular weight excluding hydrogens is 288 g/mol. The average Bonchev–Trinajstić information content (AvgIpc) is 2.48. The van der Waals surface area contributed by atoms with Gasteiger partial charge in [-0.05, 0) is 43.0 Å². The second kappa shape index (κ2) is 6.05.